The average Bonchev–Trinajstić information content (AvgIpc) is 3.80. The van der Waals surface area contributed by atoms with Crippen LogP contribution in [0.15, 0.2) is 18.2 Å². The number of rotatable bonds is 6. The first-order chi connectivity index (χ1) is 24.1. The zero-order valence-electron chi connectivity index (χ0n) is 26.5. The normalized spacial score (nSPS) is 25.3. The first kappa shape index (κ1) is 34.0. The molecule has 0 spiro atoms. The molecule has 4 atom stereocenters. The molecule has 51 heavy (non-hydrogen) atoms. The molecule has 4 fully saturated rings. The van der Waals surface area contributed by atoms with E-state index in [1.807, 2.05) is 4.90 Å². The predicted octanol–water partition coefficient (Wildman–Crippen LogP) is 6.01. The summed E-state index contributed by atoms with van der Waals surface area (Å²) in [7, 11) is 0. The Morgan fingerprint density at radius 1 is 1.06 bits per heavy atom. The molecule has 4 aromatic rings. The van der Waals surface area contributed by atoms with Crippen LogP contribution in [0.1, 0.15) is 37.7 Å². The van der Waals surface area contributed by atoms with E-state index in [2.05, 4.69) is 20.3 Å². The Labute approximate surface area is 287 Å². The number of alkyl halides is 7. The average molecular weight is 744 g/mol. The van der Waals surface area contributed by atoms with Crippen LogP contribution in [-0.2, 0) is 11.0 Å². The summed E-state index contributed by atoms with van der Waals surface area (Å²) in [5.74, 6) is -4.97. The molecule has 2 bridgehead atoms. The number of esters is 1. The Balaban J connectivity index is 1.39. The van der Waals surface area contributed by atoms with Crippen LogP contribution in [0, 0.1) is 5.82 Å². The van der Waals surface area contributed by atoms with Crippen molar-refractivity contribution in [1.29, 1.82) is 0 Å². The maximum absolute atomic E-state index is 15.1. The standard InChI is InChI=1S/C32H29F8N7O3S/c33-14-9-30(6-1-7-47(30)10-14)13-49-29-44-22-18(26(45-29)46-11-15-2-3-16(12-46)42-15)8-19(31(35,36)37)21(24(22)50-27(48)32(38,39)40)17-4-5-20(34)25-23(17)43-28(41)51-25/h4-5,8,14-16,42H,1-3,6-7,9-13H2,(H2,41,43)/t14-,15?,16?,30+/m1/s1. The fourth-order valence-electron chi connectivity index (χ4n) is 8.06. The summed E-state index contributed by atoms with van der Waals surface area (Å²) in [5.41, 5.74) is 1.08. The number of carbonyl (C=O) groups excluding carboxylic acids is 1. The highest BCUT2D eigenvalue weighted by atomic mass is 32.1. The van der Waals surface area contributed by atoms with Gasteiger partial charge < -0.3 is 25.4 Å². The van der Waals surface area contributed by atoms with Crippen molar-refractivity contribution in [2.45, 2.75) is 68.3 Å². The molecule has 0 amide bonds. The fraction of sp³-hybridized carbons (Fsp3) is 0.500. The summed E-state index contributed by atoms with van der Waals surface area (Å²) < 4.78 is 127. The lowest BCUT2D eigenvalue weighted by molar-refractivity contribution is -0.189. The monoisotopic (exact) mass is 743 g/mol. The minimum atomic E-state index is -5.63. The molecular weight excluding hydrogens is 714 g/mol. The molecule has 0 aliphatic carbocycles. The molecule has 4 saturated heterocycles. The van der Waals surface area contributed by atoms with Crippen LogP contribution >= 0.6 is 11.3 Å². The van der Waals surface area contributed by atoms with Gasteiger partial charge in [0.25, 0.3) is 0 Å². The molecule has 2 aromatic heterocycles. The molecule has 8 rings (SSSR count). The third kappa shape index (κ3) is 5.95. The smallest absolute Gasteiger partial charge is 0.461 e. The zero-order valence-corrected chi connectivity index (χ0v) is 27.3. The highest BCUT2D eigenvalue weighted by Crippen LogP contribution is 2.51. The number of nitrogen functional groups attached to an aromatic ring is 1. The van der Waals surface area contributed by atoms with Crippen molar-refractivity contribution in [3.8, 4) is 22.9 Å². The molecule has 19 heteroatoms. The number of anilines is 2. The number of hydrogen-bond donors (Lipinski definition) is 2. The number of ether oxygens (including phenoxy) is 2. The first-order valence-corrected chi connectivity index (χ1v) is 17.0. The summed E-state index contributed by atoms with van der Waals surface area (Å²) in [6.45, 7) is 1.31. The van der Waals surface area contributed by atoms with Crippen molar-refractivity contribution in [3.05, 3.63) is 29.6 Å². The Morgan fingerprint density at radius 2 is 1.80 bits per heavy atom. The van der Waals surface area contributed by atoms with E-state index in [0.29, 0.717) is 43.5 Å². The summed E-state index contributed by atoms with van der Waals surface area (Å²) in [6, 6.07) is 1.89. The number of aromatic nitrogens is 3. The molecule has 3 N–H and O–H groups in total. The Hall–Kier alpha value is -4.10. The van der Waals surface area contributed by atoms with E-state index in [1.165, 1.54) is 0 Å². The van der Waals surface area contributed by atoms with E-state index >= 15 is 13.2 Å². The van der Waals surface area contributed by atoms with Crippen molar-refractivity contribution >= 4 is 49.4 Å². The van der Waals surface area contributed by atoms with Gasteiger partial charge in [-0.1, -0.05) is 11.3 Å². The number of fused-ring (bicyclic) bond motifs is 5. The number of benzene rings is 2. The number of nitrogens with zero attached hydrogens (tertiary/aromatic N) is 5. The maximum Gasteiger partial charge on any atom is 0.491 e. The highest BCUT2D eigenvalue weighted by molar-refractivity contribution is 7.22. The van der Waals surface area contributed by atoms with Crippen LogP contribution in [0.4, 0.5) is 46.1 Å². The van der Waals surface area contributed by atoms with Gasteiger partial charge in [0, 0.05) is 54.7 Å². The lowest BCUT2D eigenvalue weighted by Gasteiger charge is -2.35. The van der Waals surface area contributed by atoms with Crippen LogP contribution in [-0.4, -0.2) is 88.6 Å². The third-order valence-corrected chi connectivity index (χ3v) is 11.1. The zero-order chi connectivity index (χ0) is 36.0. The number of hydrogen-bond acceptors (Lipinski definition) is 11. The van der Waals surface area contributed by atoms with Gasteiger partial charge in [-0.25, -0.2) is 18.6 Å². The number of halogens is 8. The molecular formula is C32H29F8N7O3S. The first-order valence-electron chi connectivity index (χ1n) is 16.2. The van der Waals surface area contributed by atoms with Crippen LogP contribution < -0.4 is 25.4 Å². The second-order valence-electron chi connectivity index (χ2n) is 13.5. The molecule has 0 radical (unpaired) electrons. The number of nitrogens with one attached hydrogen (secondary N) is 1. The van der Waals surface area contributed by atoms with Crippen LogP contribution in [0.2, 0.25) is 0 Å². The maximum atomic E-state index is 15.1. The van der Waals surface area contributed by atoms with Crippen molar-refractivity contribution in [3.63, 3.8) is 0 Å². The van der Waals surface area contributed by atoms with E-state index in [0.717, 1.165) is 31.4 Å². The minimum absolute atomic E-state index is 0.0458. The molecule has 4 aliphatic heterocycles. The number of nitrogens with two attached hydrogens (primary N) is 1. The summed E-state index contributed by atoms with van der Waals surface area (Å²) in [6.07, 6.45) is -8.90. The van der Waals surface area contributed by atoms with Gasteiger partial charge in [-0.15, -0.1) is 0 Å². The largest absolute Gasteiger partial charge is 0.491 e. The van der Waals surface area contributed by atoms with E-state index in [1.54, 1.807) is 4.90 Å². The van der Waals surface area contributed by atoms with Crippen molar-refractivity contribution in [2.24, 2.45) is 0 Å². The topological polar surface area (TPSA) is 119 Å². The molecule has 2 unspecified atom stereocenters. The van der Waals surface area contributed by atoms with Crippen molar-refractivity contribution in [1.82, 2.24) is 25.2 Å². The Bertz CT molecular complexity index is 2050. The Morgan fingerprint density at radius 3 is 2.51 bits per heavy atom. The third-order valence-electron chi connectivity index (χ3n) is 10.2. The van der Waals surface area contributed by atoms with E-state index in [4.69, 9.17) is 15.2 Å². The van der Waals surface area contributed by atoms with Crippen molar-refractivity contribution in [2.75, 3.05) is 43.4 Å². The SMILES string of the molecule is Nc1nc2c(-c3c(C(F)(F)F)cc4c(N5CC6CCC(C5)N6)nc(OC[C@@]56CCCN5C[C@H](F)C6)nc4c3OC(=O)C(F)(F)F)ccc(F)c2s1. The lowest BCUT2D eigenvalue weighted by Crippen LogP contribution is -2.51. The van der Waals surface area contributed by atoms with Gasteiger partial charge in [0.1, 0.15) is 29.9 Å². The molecule has 10 nitrogen and oxygen atoms in total. The summed E-state index contributed by atoms with van der Waals surface area (Å²) in [4.78, 5) is 29.0. The molecule has 6 heterocycles. The quantitative estimate of drug-likeness (QED) is 0.138. The van der Waals surface area contributed by atoms with Crippen molar-refractivity contribution < 1.29 is 49.4 Å². The van der Waals surface area contributed by atoms with Gasteiger partial charge in [-0.2, -0.15) is 36.3 Å². The fourth-order valence-corrected chi connectivity index (χ4v) is 8.82. The molecule has 0 saturated carbocycles. The van der Waals surface area contributed by atoms with Gasteiger partial charge in [-0.3, -0.25) is 4.90 Å². The van der Waals surface area contributed by atoms with Crippen LogP contribution in [0.3, 0.4) is 0 Å². The number of carbonyl (C=O) groups is 1. The van der Waals surface area contributed by atoms with E-state index in [-0.39, 0.29) is 52.7 Å². The van der Waals surface area contributed by atoms with Gasteiger partial charge in [0.15, 0.2) is 10.9 Å². The van der Waals surface area contributed by atoms with Gasteiger partial charge in [-0.05, 0) is 50.4 Å². The number of thiazole rings is 1. The van der Waals surface area contributed by atoms with Gasteiger partial charge >= 0.3 is 24.3 Å². The molecule has 272 valence electrons. The molecule has 4 aliphatic rings. The predicted molar refractivity (Wildman–Crippen MR) is 170 cm³/mol. The van der Waals surface area contributed by atoms with Gasteiger partial charge in [0.05, 0.1) is 21.3 Å². The summed E-state index contributed by atoms with van der Waals surface area (Å²) >= 11 is 0.618. The van der Waals surface area contributed by atoms with Gasteiger partial charge in [0.2, 0.25) is 0 Å². The van der Waals surface area contributed by atoms with E-state index in [9.17, 15) is 26.7 Å². The van der Waals surface area contributed by atoms with Crippen LogP contribution in [0.25, 0.3) is 32.2 Å². The molecule has 2 aromatic carbocycles. The van der Waals surface area contributed by atoms with E-state index < -0.39 is 75.3 Å². The highest BCUT2D eigenvalue weighted by Gasteiger charge is 2.50. The minimum Gasteiger partial charge on any atom is -0.461 e. The lowest BCUT2D eigenvalue weighted by atomic mass is 9.94. The van der Waals surface area contributed by atoms with Crippen LogP contribution in [0.5, 0.6) is 11.8 Å². The number of piperazine rings is 1. The summed E-state index contributed by atoms with van der Waals surface area (Å²) in [5, 5.41) is 2.83. The Kier molecular flexibility index (Phi) is 7.99. The second-order valence-corrected chi connectivity index (χ2v) is 14.5. The second kappa shape index (κ2) is 12.0.